The van der Waals surface area contributed by atoms with Crippen molar-refractivity contribution in [2.24, 2.45) is 0 Å². The highest BCUT2D eigenvalue weighted by atomic mass is 35.5. The zero-order valence-corrected chi connectivity index (χ0v) is 10.3. The van der Waals surface area contributed by atoms with Crippen LogP contribution in [-0.4, -0.2) is 25.0 Å². The van der Waals surface area contributed by atoms with Gasteiger partial charge in [0.25, 0.3) is 5.91 Å². The summed E-state index contributed by atoms with van der Waals surface area (Å²) in [7, 11) is 0. The van der Waals surface area contributed by atoms with E-state index in [0.717, 1.165) is 19.5 Å². The second kappa shape index (κ2) is 5.70. The number of amides is 1. The summed E-state index contributed by atoms with van der Waals surface area (Å²) in [4.78, 5) is 12.3. The Hall–Kier alpha value is -0.290. The molecular weight excluding hydrogens is 255 g/mol. The van der Waals surface area contributed by atoms with Gasteiger partial charge in [0.15, 0.2) is 0 Å². The molecule has 0 spiro atoms. The quantitative estimate of drug-likeness (QED) is 0.859. The number of thiophene rings is 1. The monoisotopic (exact) mass is 266 g/mol. The Kier molecular flexibility index (Phi) is 4.86. The minimum Gasteiger partial charge on any atom is -0.347 e. The van der Waals surface area contributed by atoms with E-state index >= 15 is 0 Å². The Morgan fingerprint density at radius 1 is 1.60 bits per heavy atom. The third-order valence-corrected chi connectivity index (χ3v) is 3.42. The molecule has 6 heteroatoms. The van der Waals surface area contributed by atoms with E-state index < -0.39 is 0 Å². The summed E-state index contributed by atoms with van der Waals surface area (Å²) in [5, 5.41) is 6.16. The SMILES string of the molecule is Cl.O=C(N[C@@H]1CCNC1)c1ccc(Cl)s1. The molecule has 1 aromatic heterocycles. The lowest BCUT2D eigenvalue weighted by molar-refractivity contribution is 0.0944. The van der Waals surface area contributed by atoms with Gasteiger partial charge in [-0.2, -0.15) is 0 Å². The smallest absolute Gasteiger partial charge is 0.261 e. The third kappa shape index (κ3) is 3.34. The lowest BCUT2D eigenvalue weighted by Crippen LogP contribution is -2.35. The molecule has 1 fully saturated rings. The summed E-state index contributed by atoms with van der Waals surface area (Å²) in [6.07, 6.45) is 1.00. The number of halogens is 2. The third-order valence-electron chi connectivity index (χ3n) is 2.19. The maximum Gasteiger partial charge on any atom is 0.261 e. The molecular formula is C9H12Cl2N2OS. The second-order valence-electron chi connectivity index (χ2n) is 3.27. The van der Waals surface area contributed by atoms with E-state index in [1.165, 1.54) is 11.3 Å². The largest absolute Gasteiger partial charge is 0.347 e. The number of hydrogen-bond acceptors (Lipinski definition) is 3. The molecule has 84 valence electrons. The molecule has 0 aliphatic carbocycles. The first-order valence-corrected chi connectivity index (χ1v) is 5.72. The molecule has 1 atom stereocenters. The van der Waals surface area contributed by atoms with Crippen LogP contribution >= 0.6 is 35.3 Å². The molecule has 0 radical (unpaired) electrons. The average Bonchev–Trinajstić information content (AvgIpc) is 2.75. The Morgan fingerprint density at radius 2 is 2.40 bits per heavy atom. The van der Waals surface area contributed by atoms with E-state index in [4.69, 9.17) is 11.6 Å². The van der Waals surface area contributed by atoms with E-state index in [1.807, 2.05) is 0 Å². The average molecular weight is 267 g/mol. The number of carbonyl (C=O) groups excluding carboxylic acids is 1. The van der Waals surface area contributed by atoms with E-state index in [2.05, 4.69) is 10.6 Å². The molecule has 15 heavy (non-hydrogen) atoms. The van der Waals surface area contributed by atoms with Gasteiger partial charge in [0, 0.05) is 12.6 Å². The number of nitrogens with one attached hydrogen (secondary N) is 2. The first-order valence-electron chi connectivity index (χ1n) is 4.52. The van der Waals surface area contributed by atoms with Crippen LogP contribution in [0, 0.1) is 0 Å². The van der Waals surface area contributed by atoms with E-state index in [1.54, 1.807) is 12.1 Å². The highest BCUT2D eigenvalue weighted by Crippen LogP contribution is 2.21. The van der Waals surface area contributed by atoms with Gasteiger partial charge < -0.3 is 10.6 Å². The highest BCUT2D eigenvalue weighted by molar-refractivity contribution is 7.17. The fourth-order valence-corrected chi connectivity index (χ4v) is 2.42. The molecule has 1 aliphatic rings. The Morgan fingerprint density at radius 3 is 2.93 bits per heavy atom. The Bertz CT molecular complexity index is 337. The predicted molar refractivity (Wildman–Crippen MR) is 65.3 cm³/mol. The molecule has 1 aliphatic heterocycles. The van der Waals surface area contributed by atoms with E-state index in [9.17, 15) is 4.79 Å². The molecule has 0 aromatic carbocycles. The van der Waals surface area contributed by atoms with Crippen molar-refractivity contribution in [2.75, 3.05) is 13.1 Å². The molecule has 2 N–H and O–H groups in total. The van der Waals surface area contributed by atoms with Crippen molar-refractivity contribution in [3.05, 3.63) is 21.3 Å². The summed E-state index contributed by atoms with van der Waals surface area (Å²) >= 11 is 7.06. The molecule has 1 amide bonds. The van der Waals surface area contributed by atoms with Gasteiger partial charge >= 0.3 is 0 Å². The molecule has 0 saturated carbocycles. The Balaban J connectivity index is 0.00000112. The standard InChI is InChI=1S/C9H11ClN2OS.ClH/c10-8-2-1-7(14-8)9(13)12-6-3-4-11-5-6;/h1-2,6,11H,3-5H2,(H,12,13);1H/t6-;/m1./s1. The van der Waals surface area contributed by atoms with Crippen LogP contribution in [0.3, 0.4) is 0 Å². The first kappa shape index (κ1) is 12.8. The van der Waals surface area contributed by atoms with E-state index in [0.29, 0.717) is 9.21 Å². The van der Waals surface area contributed by atoms with Crippen LogP contribution in [0.5, 0.6) is 0 Å². The summed E-state index contributed by atoms with van der Waals surface area (Å²) < 4.78 is 0.652. The van der Waals surface area contributed by atoms with Crippen LogP contribution in [0.25, 0.3) is 0 Å². The molecule has 3 nitrogen and oxygen atoms in total. The van der Waals surface area contributed by atoms with Crippen LogP contribution < -0.4 is 10.6 Å². The van der Waals surface area contributed by atoms with Gasteiger partial charge in [0.1, 0.15) is 0 Å². The molecule has 1 aromatic rings. The molecule has 0 unspecified atom stereocenters. The normalized spacial score (nSPS) is 19.7. The van der Waals surface area contributed by atoms with Crippen LogP contribution in [0.4, 0.5) is 0 Å². The Labute approximate surface area is 104 Å². The van der Waals surface area contributed by atoms with Crippen LogP contribution in [0.2, 0.25) is 4.34 Å². The van der Waals surface area contributed by atoms with Crippen molar-refractivity contribution in [1.29, 1.82) is 0 Å². The van der Waals surface area contributed by atoms with Gasteiger partial charge in [-0.1, -0.05) is 11.6 Å². The summed E-state index contributed by atoms with van der Waals surface area (Å²) in [5.41, 5.74) is 0. The fraction of sp³-hybridized carbons (Fsp3) is 0.444. The maximum absolute atomic E-state index is 11.6. The predicted octanol–water partition coefficient (Wildman–Crippen LogP) is 1.91. The first-order chi connectivity index (χ1) is 6.75. The van der Waals surface area contributed by atoms with Crippen molar-refractivity contribution in [3.8, 4) is 0 Å². The minimum absolute atomic E-state index is 0. The van der Waals surface area contributed by atoms with E-state index in [-0.39, 0.29) is 24.4 Å². The molecule has 2 heterocycles. The molecule has 2 rings (SSSR count). The molecule has 0 bridgehead atoms. The maximum atomic E-state index is 11.6. The fourth-order valence-electron chi connectivity index (χ4n) is 1.47. The topological polar surface area (TPSA) is 41.1 Å². The lowest BCUT2D eigenvalue weighted by atomic mass is 10.2. The van der Waals surface area contributed by atoms with Crippen LogP contribution in [0.15, 0.2) is 12.1 Å². The van der Waals surface area contributed by atoms with Gasteiger partial charge in [-0.25, -0.2) is 0 Å². The van der Waals surface area contributed by atoms with Crippen molar-refractivity contribution in [3.63, 3.8) is 0 Å². The number of carbonyl (C=O) groups is 1. The van der Waals surface area contributed by atoms with Gasteiger partial charge in [-0.15, -0.1) is 23.7 Å². The number of rotatable bonds is 2. The van der Waals surface area contributed by atoms with Crippen molar-refractivity contribution >= 4 is 41.3 Å². The van der Waals surface area contributed by atoms with Gasteiger partial charge in [0.05, 0.1) is 9.21 Å². The van der Waals surface area contributed by atoms with Crippen molar-refractivity contribution < 1.29 is 4.79 Å². The van der Waals surface area contributed by atoms with Gasteiger partial charge in [0.2, 0.25) is 0 Å². The zero-order chi connectivity index (χ0) is 9.97. The van der Waals surface area contributed by atoms with Gasteiger partial charge in [-0.05, 0) is 25.1 Å². The zero-order valence-electron chi connectivity index (χ0n) is 7.96. The lowest BCUT2D eigenvalue weighted by Gasteiger charge is -2.09. The minimum atomic E-state index is -0.0180. The summed E-state index contributed by atoms with van der Waals surface area (Å²) in [6.45, 7) is 1.85. The molecule has 1 saturated heterocycles. The highest BCUT2D eigenvalue weighted by Gasteiger charge is 2.18. The summed E-state index contributed by atoms with van der Waals surface area (Å²) in [6, 6.07) is 3.77. The van der Waals surface area contributed by atoms with Crippen molar-refractivity contribution in [2.45, 2.75) is 12.5 Å². The second-order valence-corrected chi connectivity index (χ2v) is 4.98. The van der Waals surface area contributed by atoms with Crippen LogP contribution in [0.1, 0.15) is 16.1 Å². The van der Waals surface area contributed by atoms with Crippen LogP contribution in [-0.2, 0) is 0 Å². The summed E-state index contributed by atoms with van der Waals surface area (Å²) in [5.74, 6) is -0.0180. The van der Waals surface area contributed by atoms with Crippen molar-refractivity contribution in [1.82, 2.24) is 10.6 Å². The van der Waals surface area contributed by atoms with Gasteiger partial charge in [-0.3, -0.25) is 4.79 Å². The number of hydrogen-bond donors (Lipinski definition) is 2.